The first kappa shape index (κ1) is 30.0. The Morgan fingerprint density at radius 3 is 2.50 bits per heavy atom. The maximum Gasteiger partial charge on any atom is 0.274 e. The summed E-state index contributed by atoms with van der Waals surface area (Å²) >= 11 is 1.10. The van der Waals surface area contributed by atoms with E-state index >= 15 is 0 Å². The quantitative estimate of drug-likeness (QED) is 0.160. The van der Waals surface area contributed by atoms with E-state index < -0.39 is 22.4 Å². The van der Waals surface area contributed by atoms with Crippen LogP contribution < -0.4 is 34.4 Å². The molecule has 0 unspecified atom stereocenters. The van der Waals surface area contributed by atoms with E-state index in [2.05, 4.69) is 16.9 Å². The number of ether oxygens (including phenoxy) is 3. The first-order chi connectivity index (χ1) is 21.2. The number of non-ortho nitro benzene ring substituents is 1. The molecule has 1 N–H and O–H groups in total. The van der Waals surface area contributed by atoms with Crippen LogP contribution in [0.4, 0.5) is 11.4 Å². The molecule has 5 rings (SSSR count). The Kier molecular flexibility index (Phi) is 8.72. The number of hydrogen-bond donors (Lipinski definition) is 1. The standard InChI is InChI=1S/C32H28N4O7S/c1-5-15-43-29-21(16-23(36(39)40)18-25(29)42-4)17-26-31(38)35-28(20-11-13-24(41-3)14-12-20)27(19(2)33-32(35)44-26)30(37)34-22-9-7-6-8-10-22/h5-14,16-18,28H,1,15H2,2-4H3,(H,34,37)/b26-17-/t28-/m0/s1. The number of carbonyl (C=O) groups is 1. The summed E-state index contributed by atoms with van der Waals surface area (Å²) in [5, 5.41) is 14.6. The van der Waals surface area contributed by atoms with Crippen LogP contribution in [0.25, 0.3) is 6.08 Å². The fraction of sp³-hybridized carbons (Fsp3) is 0.156. The third kappa shape index (κ3) is 5.88. The van der Waals surface area contributed by atoms with Crippen molar-refractivity contribution >= 4 is 34.7 Å². The number of fused-ring (bicyclic) bond motifs is 1. The van der Waals surface area contributed by atoms with Gasteiger partial charge in [-0.1, -0.05) is 54.3 Å². The molecule has 0 saturated heterocycles. The Morgan fingerprint density at radius 2 is 1.86 bits per heavy atom. The van der Waals surface area contributed by atoms with Gasteiger partial charge >= 0.3 is 0 Å². The second-order valence-electron chi connectivity index (χ2n) is 9.60. The highest BCUT2D eigenvalue weighted by Crippen LogP contribution is 2.36. The van der Waals surface area contributed by atoms with E-state index in [0.29, 0.717) is 33.1 Å². The highest BCUT2D eigenvalue weighted by Gasteiger charge is 2.32. The summed E-state index contributed by atoms with van der Waals surface area (Å²) in [7, 11) is 2.92. The Hall–Kier alpha value is -5.49. The number of nitrogens with zero attached hydrogens (tertiary/aromatic N) is 3. The molecule has 0 saturated carbocycles. The lowest BCUT2D eigenvalue weighted by Crippen LogP contribution is -2.40. The predicted molar refractivity (Wildman–Crippen MR) is 167 cm³/mol. The Labute approximate surface area is 255 Å². The van der Waals surface area contributed by atoms with Crippen LogP contribution in [0.2, 0.25) is 0 Å². The number of anilines is 1. The fourth-order valence-electron chi connectivity index (χ4n) is 4.84. The van der Waals surface area contributed by atoms with Gasteiger partial charge in [0.1, 0.15) is 12.4 Å². The molecule has 1 aliphatic rings. The minimum atomic E-state index is -0.820. The largest absolute Gasteiger partial charge is 0.497 e. The predicted octanol–water partition coefficient (Wildman–Crippen LogP) is 4.36. The number of methoxy groups -OCH3 is 2. The van der Waals surface area contributed by atoms with Crippen molar-refractivity contribution in [1.29, 1.82) is 0 Å². The molecule has 4 aromatic rings. The van der Waals surface area contributed by atoms with Crippen molar-refractivity contribution in [2.45, 2.75) is 13.0 Å². The van der Waals surface area contributed by atoms with Crippen molar-refractivity contribution < 1.29 is 23.9 Å². The highest BCUT2D eigenvalue weighted by atomic mass is 32.1. The zero-order valence-electron chi connectivity index (χ0n) is 24.1. The van der Waals surface area contributed by atoms with Crippen LogP contribution in [0.1, 0.15) is 24.1 Å². The van der Waals surface area contributed by atoms with Crippen LogP contribution in [0.5, 0.6) is 17.2 Å². The molecule has 0 spiro atoms. The molecule has 12 heteroatoms. The van der Waals surface area contributed by atoms with Crippen LogP contribution in [0, 0.1) is 10.1 Å². The van der Waals surface area contributed by atoms with Crippen LogP contribution in [-0.4, -0.2) is 36.2 Å². The van der Waals surface area contributed by atoms with Gasteiger partial charge in [0.05, 0.1) is 47.1 Å². The number of thiazole rings is 1. The van der Waals surface area contributed by atoms with Gasteiger partial charge in [-0.25, -0.2) is 4.99 Å². The summed E-state index contributed by atoms with van der Waals surface area (Å²) in [6, 6.07) is 17.8. The molecule has 1 atom stereocenters. The molecule has 224 valence electrons. The zero-order chi connectivity index (χ0) is 31.4. The monoisotopic (exact) mass is 612 g/mol. The molecule has 11 nitrogen and oxygen atoms in total. The summed E-state index contributed by atoms with van der Waals surface area (Å²) in [5.74, 6) is 0.557. The van der Waals surface area contributed by atoms with E-state index in [1.165, 1.54) is 36.0 Å². The van der Waals surface area contributed by atoms with Gasteiger partial charge in [-0.15, -0.1) is 0 Å². The molecule has 0 fully saturated rings. The lowest BCUT2D eigenvalue weighted by Gasteiger charge is -2.25. The molecule has 1 amide bonds. The van der Waals surface area contributed by atoms with Gasteiger partial charge < -0.3 is 19.5 Å². The summed E-state index contributed by atoms with van der Waals surface area (Å²) in [5.41, 5.74) is 1.59. The lowest BCUT2D eigenvalue weighted by atomic mass is 9.95. The van der Waals surface area contributed by atoms with Crippen LogP contribution in [-0.2, 0) is 4.79 Å². The lowest BCUT2D eigenvalue weighted by molar-refractivity contribution is -0.385. The number of amides is 1. The molecule has 1 aliphatic heterocycles. The minimum Gasteiger partial charge on any atom is -0.497 e. The number of nitro groups is 1. The minimum absolute atomic E-state index is 0.104. The smallest absolute Gasteiger partial charge is 0.274 e. The van der Waals surface area contributed by atoms with E-state index in [1.807, 2.05) is 18.2 Å². The second-order valence-corrected chi connectivity index (χ2v) is 10.6. The average molecular weight is 613 g/mol. The topological polar surface area (TPSA) is 134 Å². The Balaban J connectivity index is 1.71. The van der Waals surface area contributed by atoms with Crippen molar-refractivity contribution in [3.8, 4) is 17.2 Å². The first-order valence-corrected chi connectivity index (χ1v) is 14.2. The average Bonchev–Trinajstić information content (AvgIpc) is 3.33. The summed E-state index contributed by atoms with van der Waals surface area (Å²) in [6.45, 7) is 5.48. The van der Waals surface area contributed by atoms with E-state index in [-0.39, 0.29) is 33.9 Å². The second kappa shape index (κ2) is 12.8. The number of benzene rings is 3. The number of hydrogen-bond acceptors (Lipinski definition) is 9. The molecule has 3 aromatic carbocycles. The van der Waals surface area contributed by atoms with Crippen molar-refractivity contribution in [1.82, 2.24) is 4.57 Å². The van der Waals surface area contributed by atoms with E-state index in [0.717, 1.165) is 11.3 Å². The molecule has 0 aliphatic carbocycles. The van der Waals surface area contributed by atoms with Crippen LogP contribution in [0.3, 0.4) is 0 Å². The van der Waals surface area contributed by atoms with Gasteiger partial charge in [0.15, 0.2) is 16.3 Å². The fourth-order valence-corrected chi connectivity index (χ4v) is 5.88. The van der Waals surface area contributed by atoms with Crippen LogP contribution in [0.15, 0.2) is 100 Å². The summed E-state index contributed by atoms with van der Waals surface area (Å²) in [4.78, 5) is 44.0. The molecule has 0 radical (unpaired) electrons. The number of nitrogens with one attached hydrogen (secondary N) is 1. The highest BCUT2D eigenvalue weighted by molar-refractivity contribution is 7.07. The summed E-state index contributed by atoms with van der Waals surface area (Å²) < 4.78 is 18.2. The van der Waals surface area contributed by atoms with E-state index in [1.54, 1.807) is 50.4 Å². The number of allylic oxidation sites excluding steroid dienone is 1. The van der Waals surface area contributed by atoms with Gasteiger partial charge in [0, 0.05) is 17.3 Å². The van der Waals surface area contributed by atoms with Gasteiger partial charge in [0.2, 0.25) is 0 Å². The number of aromatic nitrogens is 1. The number of rotatable bonds is 10. The number of para-hydroxylation sites is 1. The van der Waals surface area contributed by atoms with Gasteiger partial charge in [-0.05, 0) is 42.8 Å². The Bertz CT molecular complexity index is 1960. The third-order valence-corrected chi connectivity index (χ3v) is 7.84. The molecule has 0 bridgehead atoms. The number of nitro benzene ring substituents is 1. The van der Waals surface area contributed by atoms with E-state index in [4.69, 9.17) is 14.2 Å². The van der Waals surface area contributed by atoms with Crippen molar-refractivity contribution in [2.24, 2.45) is 4.99 Å². The maximum atomic E-state index is 14.1. The van der Waals surface area contributed by atoms with Gasteiger partial charge in [-0.2, -0.15) is 0 Å². The SMILES string of the molecule is C=CCOc1c(/C=c2\sc3n(c2=O)[C@@H](c2ccc(OC)cc2)C(C(=O)Nc2ccccc2)=C(C)N=3)cc([N+](=O)[O-])cc1OC. The summed E-state index contributed by atoms with van der Waals surface area (Å²) in [6.07, 6.45) is 3.03. The Morgan fingerprint density at radius 1 is 1.14 bits per heavy atom. The molecular weight excluding hydrogens is 584 g/mol. The normalized spacial score (nSPS) is 14.3. The van der Waals surface area contributed by atoms with E-state index in [9.17, 15) is 19.7 Å². The maximum absolute atomic E-state index is 14.1. The van der Waals surface area contributed by atoms with Gasteiger partial charge in [0.25, 0.3) is 17.2 Å². The van der Waals surface area contributed by atoms with Gasteiger partial charge in [-0.3, -0.25) is 24.3 Å². The molecule has 44 heavy (non-hydrogen) atoms. The van der Waals surface area contributed by atoms with Crippen molar-refractivity contribution in [3.63, 3.8) is 0 Å². The molecular formula is C32H28N4O7S. The van der Waals surface area contributed by atoms with Crippen molar-refractivity contribution in [3.05, 3.63) is 132 Å². The van der Waals surface area contributed by atoms with Crippen LogP contribution >= 0.6 is 11.3 Å². The third-order valence-electron chi connectivity index (χ3n) is 6.86. The molecule has 2 heterocycles. The first-order valence-electron chi connectivity index (χ1n) is 13.4. The molecule has 1 aromatic heterocycles. The zero-order valence-corrected chi connectivity index (χ0v) is 24.9. The van der Waals surface area contributed by atoms with Crippen molar-refractivity contribution in [2.75, 3.05) is 26.1 Å². The number of carbonyl (C=O) groups excluding carboxylic acids is 1.